The summed E-state index contributed by atoms with van der Waals surface area (Å²) in [6.45, 7) is 4.00. The Morgan fingerprint density at radius 3 is 2.50 bits per heavy atom. The summed E-state index contributed by atoms with van der Waals surface area (Å²) in [5, 5.41) is 10.2. The van der Waals surface area contributed by atoms with Gasteiger partial charge in [-0.05, 0) is 55.0 Å². The predicted octanol–water partition coefficient (Wildman–Crippen LogP) is 4.56. The molecule has 0 saturated carbocycles. The number of nitrogens with zero attached hydrogens (tertiary/aromatic N) is 2. The molecule has 2 aromatic carbocycles. The van der Waals surface area contributed by atoms with E-state index in [9.17, 15) is 9.50 Å². The number of aliphatic hydroxyl groups is 1. The molecule has 0 bridgehead atoms. The number of fused-ring (bicyclic) bond motifs is 1. The van der Waals surface area contributed by atoms with Crippen molar-refractivity contribution in [2.45, 2.75) is 32.3 Å². The van der Waals surface area contributed by atoms with E-state index in [1.165, 1.54) is 17.7 Å². The second kappa shape index (κ2) is 7.04. The number of piperidine rings is 1. The summed E-state index contributed by atoms with van der Waals surface area (Å²) in [6, 6.07) is 15.3. The zero-order valence-electron chi connectivity index (χ0n) is 15.0. The van der Waals surface area contributed by atoms with Crippen molar-refractivity contribution in [3.05, 3.63) is 71.2 Å². The maximum atomic E-state index is 13.6. The molecule has 1 aromatic heterocycles. The second-order valence-corrected chi connectivity index (χ2v) is 7.11. The molecule has 0 amide bonds. The lowest BCUT2D eigenvalue weighted by Crippen LogP contribution is -2.33. The fourth-order valence-corrected chi connectivity index (χ4v) is 3.92. The van der Waals surface area contributed by atoms with Crippen LogP contribution in [-0.4, -0.2) is 23.2 Å². The summed E-state index contributed by atoms with van der Waals surface area (Å²) in [7, 11) is 0. The maximum absolute atomic E-state index is 13.6. The number of benzene rings is 2. The third-order valence-electron chi connectivity index (χ3n) is 5.35. The minimum atomic E-state index is -0.244. The number of hydrogen-bond acceptors (Lipinski definition) is 3. The average molecular weight is 350 g/mol. The monoisotopic (exact) mass is 350 g/mol. The molecule has 0 aliphatic carbocycles. The third-order valence-corrected chi connectivity index (χ3v) is 5.35. The van der Waals surface area contributed by atoms with Crippen LogP contribution in [0.15, 0.2) is 48.5 Å². The van der Waals surface area contributed by atoms with Crippen LogP contribution in [0.4, 0.5) is 10.1 Å². The first-order chi connectivity index (χ1) is 12.6. The van der Waals surface area contributed by atoms with Gasteiger partial charge in [0.2, 0.25) is 0 Å². The highest BCUT2D eigenvalue weighted by atomic mass is 19.1. The highest BCUT2D eigenvalue weighted by Crippen LogP contribution is 2.34. The first kappa shape index (κ1) is 17.0. The van der Waals surface area contributed by atoms with E-state index in [0.29, 0.717) is 5.92 Å². The predicted molar refractivity (Wildman–Crippen MR) is 103 cm³/mol. The molecule has 26 heavy (non-hydrogen) atoms. The molecule has 1 N–H and O–H groups in total. The molecule has 1 aliphatic rings. The van der Waals surface area contributed by atoms with Crippen LogP contribution < -0.4 is 4.90 Å². The van der Waals surface area contributed by atoms with Gasteiger partial charge in [0, 0.05) is 35.9 Å². The van der Waals surface area contributed by atoms with Gasteiger partial charge in [0.1, 0.15) is 5.82 Å². The second-order valence-electron chi connectivity index (χ2n) is 7.11. The number of rotatable bonds is 3. The zero-order valence-corrected chi connectivity index (χ0v) is 15.0. The third kappa shape index (κ3) is 3.29. The van der Waals surface area contributed by atoms with Gasteiger partial charge in [0.05, 0.1) is 12.1 Å². The standard InChI is InChI=1S/C22H23FN2O/c1-15-12-22(20-7-6-19(23)13-21(20)24-15)25-10-8-18(9-11-25)17-4-2-16(14-26)3-5-17/h2-7,12-13,18,26H,8-11,14H2,1H3. The molecule has 0 radical (unpaired) electrons. The highest BCUT2D eigenvalue weighted by molar-refractivity contribution is 5.92. The summed E-state index contributed by atoms with van der Waals surface area (Å²) in [4.78, 5) is 6.88. The number of aliphatic hydroxyl groups excluding tert-OH is 1. The number of aromatic nitrogens is 1. The van der Waals surface area contributed by atoms with Gasteiger partial charge < -0.3 is 10.0 Å². The largest absolute Gasteiger partial charge is 0.392 e. The number of hydrogen-bond donors (Lipinski definition) is 1. The number of pyridine rings is 1. The van der Waals surface area contributed by atoms with Crippen LogP contribution in [0, 0.1) is 12.7 Å². The smallest absolute Gasteiger partial charge is 0.125 e. The van der Waals surface area contributed by atoms with E-state index in [4.69, 9.17) is 0 Å². The Morgan fingerprint density at radius 1 is 1.08 bits per heavy atom. The van der Waals surface area contributed by atoms with Crippen LogP contribution in [0.5, 0.6) is 0 Å². The molecule has 3 nitrogen and oxygen atoms in total. The van der Waals surface area contributed by atoms with Gasteiger partial charge >= 0.3 is 0 Å². The van der Waals surface area contributed by atoms with Crippen molar-refractivity contribution in [1.29, 1.82) is 0 Å². The molecular formula is C22H23FN2O. The number of halogens is 1. The molecular weight excluding hydrogens is 327 g/mol. The minimum absolute atomic E-state index is 0.0911. The Morgan fingerprint density at radius 2 is 1.81 bits per heavy atom. The van der Waals surface area contributed by atoms with E-state index in [1.54, 1.807) is 0 Å². The van der Waals surface area contributed by atoms with Crippen LogP contribution >= 0.6 is 0 Å². The lowest BCUT2D eigenvalue weighted by molar-refractivity contribution is 0.282. The normalized spacial score (nSPS) is 15.6. The molecule has 0 spiro atoms. The summed E-state index contributed by atoms with van der Waals surface area (Å²) in [6.07, 6.45) is 2.17. The first-order valence-electron chi connectivity index (χ1n) is 9.15. The molecule has 4 heteroatoms. The van der Waals surface area contributed by atoms with Crippen LogP contribution in [0.3, 0.4) is 0 Å². The summed E-state index contributed by atoms with van der Waals surface area (Å²) in [5.41, 5.74) is 5.10. The van der Waals surface area contributed by atoms with Gasteiger partial charge in [-0.25, -0.2) is 4.39 Å². The Bertz CT molecular complexity index is 910. The molecule has 1 aliphatic heterocycles. The van der Waals surface area contributed by atoms with Crippen molar-refractivity contribution in [3.8, 4) is 0 Å². The van der Waals surface area contributed by atoms with E-state index in [-0.39, 0.29) is 12.4 Å². The van der Waals surface area contributed by atoms with Gasteiger partial charge in [-0.2, -0.15) is 0 Å². The van der Waals surface area contributed by atoms with Gasteiger partial charge in [-0.15, -0.1) is 0 Å². The Balaban J connectivity index is 1.55. The molecule has 0 unspecified atom stereocenters. The summed E-state index contributed by atoms with van der Waals surface area (Å²) in [5.74, 6) is 0.303. The van der Waals surface area contributed by atoms with Crippen LogP contribution in [0.1, 0.15) is 35.6 Å². The fourth-order valence-electron chi connectivity index (χ4n) is 3.92. The van der Waals surface area contributed by atoms with Gasteiger partial charge in [0.25, 0.3) is 0 Å². The zero-order chi connectivity index (χ0) is 18.1. The van der Waals surface area contributed by atoms with E-state index >= 15 is 0 Å². The molecule has 0 atom stereocenters. The van der Waals surface area contributed by atoms with E-state index in [1.807, 2.05) is 25.1 Å². The van der Waals surface area contributed by atoms with E-state index in [0.717, 1.165) is 53.8 Å². The van der Waals surface area contributed by atoms with Crippen LogP contribution in [0.2, 0.25) is 0 Å². The fraction of sp³-hybridized carbons (Fsp3) is 0.318. The minimum Gasteiger partial charge on any atom is -0.392 e. The van der Waals surface area contributed by atoms with Crippen molar-refractivity contribution >= 4 is 16.6 Å². The summed E-state index contributed by atoms with van der Waals surface area (Å²) >= 11 is 0. The Labute approximate surface area is 153 Å². The maximum Gasteiger partial charge on any atom is 0.125 e. The molecule has 2 heterocycles. The summed E-state index contributed by atoms with van der Waals surface area (Å²) < 4.78 is 13.6. The topological polar surface area (TPSA) is 36.4 Å². The quantitative estimate of drug-likeness (QED) is 0.752. The van der Waals surface area contributed by atoms with Crippen molar-refractivity contribution < 1.29 is 9.50 Å². The lowest BCUT2D eigenvalue weighted by atomic mass is 9.88. The number of anilines is 1. The van der Waals surface area contributed by atoms with Crippen molar-refractivity contribution in [1.82, 2.24) is 4.98 Å². The lowest BCUT2D eigenvalue weighted by Gasteiger charge is -2.34. The van der Waals surface area contributed by atoms with Crippen LogP contribution in [-0.2, 0) is 6.61 Å². The SMILES string of the molecule is Cc1cc(N2CCC(c3ccc(CO)cc3)CC2)c2ccc(F)cc2n1. The van der Waals surface area contributed by atoms with Gasteiger partial charge in [-0.3, -0.25) is 4.98 Å². The molecule has 1 saturated heterocycles. The molecule has 4 rings (SSSR count). The highest BCUT2D eigenvalue weighted by Gasteiger charge is 2.22. The van der Waals surface area contributed by atoms with Crippen molar-refractivity contribution in [2.75, 3.05) is 18.0 Å². The average Bonchev–Trinajstić information content (AvgIpc) is 2.67. The molecule has 1 fully saturated rings. The van der Waals surface area contributed by atoms with E-state index in [2.05, 4.69) is 28.1 Å². The van der Waals surface area contributed by atoms with E-state index < -0.39 is 0 Å². The molecule has 3 aromatic rings. The van der Waals surface area contributed by atoms with Crippen LogP contribution in [0.25, 0.3) is 10.9 Å². The van der Waals surface area contributed by atoms with Crippen molar-refractivity contribution in [3.63, 3.8) is 0 Å². The Hall–Kier alpha value is -2.46. The van der Waals surface area contributed by atoms with Gasteiger partial charge in [0.15, 0.2) is 0 Å². The molecule has 134 valence electrons. The number of aryl methyl sites for hydroxylation is 1. The van der Waals surface area contributed by atoms with Crippen molar-refractivity contribution in [2.24, 2.45) is 0 Å². The first-order valence-corrected chi connectivity index (χ1v) is 9.15. The Kier molecular flexibility index (Phi) is 4.60. The van der Waals surface area contributed by atoms with Gasteiger partial charge in [-0.1, -0.05) is 24.3 Å².